The van der Waals surface area contributed by atoms with Gasteiger partial charge in [-0.25, -0.2) is 12.7 Å². The summed E-state index contributed by atoms with van der Waals surface area (Å²) in [5.41, 5.74) is 10.7. The molecule has 3 N–H and O–H groups in total. The highest BCUT2D eigenvalue weighted by Crippen LogP contribution is 2.37. The van der Waals surface area contributed by atoms with Gasteiger partial charge in [-0.3, -0.25) is 4.79 Å². The van der Waals surface area contributed by atoms with Gasteiger partial charge in [0.15, 0.2) is 0 Å². The Labute approximate surface area is 209 Å². The van der Waals surface area contributed by atoms with Crippen molar-refractivity contribution in [3.8, 4) is 11.1 Å². The summed E-state index contributed by atoms with van der Waals surface area (Å²) in [7, 11) is 0.631. The quantitative estimate of drug-likeness (QED) is 0.488. The van der Waals surface area contributed by atoms with Crippen molar-refractivity contribution in [1.29, 1.82) is 0 Å². The van der Waals surface area contributed by atoms with Crippen LogP contribution in [0.3, 0.4) is 0 Å². The van der Waals surface area contributed by atoms with Gasteiger partial charge in [-0.15, -0.1) is 0 Å². The zero-order valence-electron chi connectivity index (χ0n) is 24.9. The van der Waals surface area contributed by atoms with Crippen LogP contribution in [-0.2, 0) is 10.0 Å². The van der Waals surface area contributed by atoms with Crippen LogP contribution in [-0.4, -0.2) is 68.0 Å². The number of hydrogen-bond acceptors (Lipinski definition) is 4. The highest BCUT2D eigenvalue weighted by molar-refractivity contribution is 7.89. The Morgan fingerprint density at radius 2 is 2.03 bits per heavy atom. The molecule has 0 unspecified atom stereocenters. The zero-order valence-corrected chi connectivity index (χ0v) is 20.7. The van der Waals surface area contributed by atoms with E-state index >= 15 is 0 Å². The number of hydrogen-bond donors (Lipinski definition) is 2. The first kappa shape index (κ1) is 20.7. The fraction of sp³-hybridized carbons (Fsp3) is 0.423. The molecule has 8 heteroatoms. The molecule has 0 aliphatic carbocycles. The second-order valence-corrected chi connectivity index (χ2v) is 11.5. The van der Waals surface area contributed by atoms with Crippen molar-refractivity contribution in [3.63, 3.8) is 0 Å². The normalized spacial score (nSPS) is 16.7. The lowest BCUT2D eigenvalue weighted by molar-refractivity contribution is 0.100. The molecule has 0 saturated carbocycles. The number of rotatable bonds is 8. The smallest absolute Gasteiger partial charge is 0.250 e. The number of carbonyl (C=O) groups is 1. The van der Waals surface area contributed by atoms with E-state index < -0.39 is 15.9 Å². The second kappa shape index (κ2) is 9.90. The van der Waals surface area contributed by atoms with E-state index in [9.17, 15) is 13.2 Å². The molecule has 0 bridgehead atoms. The van der Waals surface area contributed by atoms with E-state index in [2.05, 4.69) is 11.1 Å². The van der Waals surface area contributed by atoms with Crippen LogP contribution < -0.4 is 5.73 Å². The van der Waals surface area contributed by atoms with E-state index in [1.54, 1.807) is 10.4 Å². The number of H-pyrrole nitrogens is 1. The Morgan fingerprint density at radius 1 is 1.26 bits per heavy atom. The molecule has 0 spiro atoms. The minimum atomic E-state index is -3.26. The monoisotopic (exact) mass is 496 g/mol. The van der Waals surface area contributed by atoms with Gasteiger partial charge in [-0.1, -0.05) is 29.8 Å². The molecule has 1 fully saturated rings. The van der Waals surface area contributed by atoms with Gasteiger partial charge in [0.2, 0.25) is 10.0 Å². The summed E-state index contributed by atoms with van der Waals surface area (Å²) in [6, 6.07) is 11.6. The number of nitrogens with zero attached hydrogens (tertiary/aromatic N) is 2. The number of nitrogens with one attached hydrogen (secondary N) is 1. The predicted molar refractivity (Wildman–Crippen MR) is 142 cm³/mol. The van der Waals surface area contributed by atoms with E-state index in [1.165, 1.54) is 0 Å². The number of aromatic amines is 1. The summed E-state index contributed by atoms with van der Waals surface area (Å²) in [6.07, 6.45) is 4.01. The van der Waals surface area contributed by atoms with Gasteiger partial charge in [-0.2, -0.15) is 0 Å². The average molecular weight is 497 g/mol. The fourth-order valence-electron chi connectivity index (χ4n) is 4.84. The minimum Gasteiger partial charge on any atom is -0.366 e. The maximum absolute atomic E-state index is 12.8. The number of benzene rings is 2. The van der Waals surface area contributed by atoms with Gasteiger partial charge in [0.25, 0.3) is 5.91 Å². The van der Waals surface area contributed by atoms with E-state index in [0.717, 1.165) is 47.0 Å². The summed E-state index contributed by atoms with van der Waals surface area (Å²) >= 11 is 0. The van der Waals surface area contributed by atoms with Crippen molar-refractivity contribution in [2.45, 2.75) is 32.1 Å². The number of piperidine rings is 1. The Balaban J connectivity index is 0.00000127. The number of aryl methyl sites for hydroxylation is 1. The highest BCUT2D eigenvalue weighted by Gasteiger charge is 2.30. The number of sulfonamides is 1. The average Bonchev–Trinajstić information content (AvgIpc) is 3.38. The van der Waals surface area contributed by atoms with Crippen molar-refractivity contribution >= 4 is 26.8 Å². The number of primary amides is 1. The lowest BCUT2D eigenvalue weighted by Crippen LogP contribution is -2.39. The molecule has 0 atom stereocenters. The number of nitrogens with two attached hydrogens (primary N) is 1. The molecular formula is C26H38N4O3S. The van der Waals surface area contributed by atoms with Crippen LogP contribution in [0.4, 0.5) is 0 Å². The molecule has 3 aromatic rings. The Kier molecular flexibility index (Phi) is 6.02. The summed E-state index contributed by atoms with van der Waals surface area (Å²) < 4.78 is 54.9. The third-order valence-electron chi connectivity index (χ3n) is 6.64. The lowest BCUT2D eigenvalue weighted by Gasteiger charge is -2.31. The van der Waals surface area contributed by atoms with Crippen molar-refractivity contribution in [2.24, 2.45) is 5.73 Å². The first-order valence-electron chi connectivity index (χ1n) is 14.4. The lowest BCUT2D eigenvalue weighted by atomic mass is 9.88. The highest BCUT2D eigenvalue weighted by atomic mass is 32.2. The fourth-order valence-corrected chi connectivity index (χ4v) is 6.36. The Morgan fingerprint density at radius 3 is 2.71 bits per heavy atom. The molecule has 34 heavy (non-hydrogen) atoms. The maximum Gasteiger partial charge on any atom is 0.250 e. The number of amides is 1. The topological polar surface area (TPSA) is 99.5 Å². The third kappa shape index (κ3) is 5.19. The van der Waals surface area contributed by atoms with Gasteiger partial charge in [-0.05, 0) is 81.5 Å². The van der Waals surface area contributed by atoms with E-state index in [-0.39, 0.29) is 18.6 Å². The molecule has 1 aliphatic rings. The minimum absolute atomic E-state index is 0.172. The van der Waals surface area contributed by atoms with Crippen LogP contribution in [0, 0.1) is 6.90 Å². The molecular weight excluding hydrogens is 448 g/mol. The maximum atomic E-state index is 12.8. The molecule has 1 saturated heterocycles. The predicted octanol–water partition coefficient (Wildman–Crippen LogP) is 4.20. The zero-order chi connectivity index (χ0) is 29.2. The van der Waals surface area contributed by atoms with E-state index in [1.807, 2.05) is 49.5 Å². The molecule has 1 aliphatic heterocycles. The van der Waals surface area contributed by atoms with Crippen LogP contribution in [0.1, 0.15) is 54.0 Å². The van der Waals surface area contributed by atoms with Crippen LogP contribution >= 0.6 is 0 Å². The number of aromatic nitrogens is 1. The molecule has 1 aromatic heterocycles. The second-order valence-electron chi connectivity index (χ2n) is 9.40. The van der Waals surface area contributed by atoms with Crippen LogP contribution in [0.25, 0.3) is 22.0 Å². The molecule has 186 valence electrons. The van der Waals surface area contributed by atoms with Gasteiger partial charge in [0.1, 0.15) is 0 Å². The largest absolute Gasteiger partial charge is 0.366 e. The number of carbonyl (C=O) groups excluding carboxylic acids is 1. The molecule has 2 aromatic carbocycles. The Hall–Kier alpha value is -2.68. The molecule has 1 amide bonds. The van der Waals surface area contributed by atoms with E-state index in [0.29, 0.717) is 30.6 Å². The van der Waals surface area contributed by atoms with Crippen LogP contribution in [0.2, 0.25) is 0 Å². The first-order valence-corrected chi connectivity index (χ1v) is 13.3. The van der Waals surface area contributed by atoms with Gasteiger partial charge < -0.3 is 15.6 Å². The van der Waals surface area contributed by atoms with Crippen LogP contribution in [0.5, 0.6) is 0 Å². The molecule has 7 nitrogen and oxygen atoms in total. The van der Waals surface area contributed by atoms with Gasteiger partial charge in [0.05, 0.1) is 16.8 Å². The van der Waals surface area contributed by atoms with Crippen LogP contribution in [0.15, 0.2) is 42.6 Å². The third-order valence-corrected chi connectivity index (χ3v) is 8.60. The Bertz CT molecular complexity index is 1330. The summed E-state index contributed by atoms with van der Waals surface area (Å²) in [5.74, 6) is -0.140. The molecule has 0 radical (unpaired) electrons. The molecule has 4 rings (SSSR count). The van der Waals surface area contributed by atoms with E-state index in [4.69, 9.17) is 13.0 Å². The number of fused-ring (bicyclic) bond motifs is 1. The van der Waals surface area contributed by atoms with Gasteiger partial charge >= 0.3 is 0 Å². The molecule has 2 heterocycles. The summed E-state index contributed by atoms with van der Waals surface area (Å²) in [5, 5.41) is 0.944. The summed E-state index contributed by atoms with van der Waals surface area (Å²) in [4.78, 5) is 17.5. The van der Waals surface area contributed by atoms with Crippen molar-refractivity contribution in [2.75, 3.05) is 39.5 Å². The van der Waals surface area contributed by atoms with Crippen molar-refractivity contribution in [3.05, 3.63) is 59.3 Å². The summed E-state index contributed by atoms with van der Waals surface area (Å²) in [6.45, 7) is 1.93. The first-order chi connectivity index (χ1) is 18.7. The van der Waals surface area contributed by atoms with Gasteiger partial charge in [0, 0.05) is 32.0 Å². The van der Waals surface area contributed by atoms with Crippen molar-refractivity contribution < 1.29 is 20.5 Å². The van der Waals surface area contributed by atoms with Crippen molar-refractivity contribution in [1.82, 2.24) is 14.2 Å². The standard InChI is InChI=1S/C26H34N4O3S.2H2/c1-18-6-4-7-20(14-18)21-15-22-24(17-28-25(22)23(16-21)26(27)31)19-8-11-30(12-9-19)34(32,33)13-5-10-29(2)3;;/h4,6-7,14-17,19,28H,5,8-13H2,1-3H3,(H2,27,31);2*1H/i1T;2*1+2T. The SMILES string of the molecule is [3H]Cc1cccc(-c2cc(C(N)=O)c3[nH]cc(C4CCN(S(=O)(=O)CCCN(C)C)CC4)c3c2)c1.[3H][3H].[3H][3H].